The maximum absolute atomic E-state index is 5.47. The summed E-state index contributed by atoms with van der Waals surface area (Å²) in [6.07, 6.45) is 2.57. The number of nitrogens with two attached hydrogens (primary N) is 1. The Bertz CT molecular complexity index is 572. The largest absolute Gasteiger partial charge is 0.496 e. The molecule has 5 heteroatoms. The highest BCUT2D eigenvalue weighted by Gasteiger charge is 2.08. The molecule has 0 aliphatic heterocycles. The zero-order chi connectivity index (χ0) is 14.4. The number of aromatic nitrogens is 2. The molecule has 0 amide bonds. The average molecular weight is 272 g/mol. The fourth-order valence-electron chi connectivity index (χ4n) is 2.11. The number of hydrogen-bond acceptors (Lipinski definition) is 5. The zero-order valence-electron chi connectivity index (χ0n) is 11.9. The Labute approximate surface area is 119 Å². The van der Waals surface area contributed by atoms with E-state index in [0.717, 1.165) is 35.7 Å². The van der Waals surface area contributed by atoms with Crippen molar-refractivity contribution >= 4 is 5.82 Å². The zero-order valence-corrected chi connectivity index (χ0v) is 11.9. The van der Waals surface area contributed by atoms with E-state index in [4.69, 9.17) is 10.6 Å². The van der Waals surface area contributed by atoms with E-state index in [2.05, 4.69) is 22.3 Å². The standard InChI is InChI=1S/C15H20N4O/c1-3-6-12-10-15(19-16)18-14(17-12)9-11-7-4-5-8-13(11)20-2/h4-5,7-8,10H,3,6,9,16H2,1-2H3,(H,17,18,19). The van der Waals surface area contributed by atoms with Crippen molar-refractivity contribution in [3.05, 3.63) is 47.4 Å². The monoisotopic (exact) mass is 272 g/mol. The van der Waals surface area contributed by atoms with Gasteiger partial charge in [-0.05, 0) is 12.5 Å². The second-order valence-electron chi connectivity index (χ2n) is 4.54. The molecule has 1 heterocycles. The van der Waals surface area contributed by atoms with Crippen LogP contribution in [0.15, 0.2) is 30.3 Å². The van der Waals surface area contributed by atoms with Gasteiger partial charge in [-0.2, -0.15) is 0 Å². The molecular formula is C15H20N4O. The van der Waals surface area contributed by atoms with Crippen LogP contribution in [0.5, 0.6) is 5.75 Å². The van der Waals surface area contributed by atoms with Gasteiger partial charge >= 0.3 is 0 Å². The molecule has 3 N–H and O–H groups in total. The van der Waals surface area contributed by atoms with Gasteiger partial charge in [-0.15, -0.1) is 0 Å². The minimum atomic E-state index is 0.621. The van der Waals surface area contributed by atoms with Gasteiger partial charge in [0.05, 0.1) is 7.11 Å². The predicted molar refractivity (Wildman–Crippen MR) is 79.6 cm³/mol. The first-order valence-corrected chi connectivity index (χ1v) is 6.72. The summed E-state index contributed by atoms with van der Waals surface area (Å²) in [5.74, 6) is 7.71. The van der Waals surface area contributed by atoms with Crippen LogP contribution >= 0.6 is 0 Å². The van der Waals surface area contributed by atoms with Gasteiger partial charge in [0.15, 0.2) is 0 Å². The molecule has 0 bridgehead atoms. The van der Waals surface area contributed by atoms with Gasteiger partial charge in [-0.1, -0.05) is 31.5 Å². The Morgan fingerprint density at radius 2 is 2.05 bits per heavy atom. The Morgan fingerprint density at radius 1 is 1.25 bits per heavy atom. The fourth-order valence-corrected chi connectivity index (χ4v) is 2.11. The van der Waals surface area contributed by atoms with E-state index in [1.165, 1.54) is 0 Å². The van der Waals surface area contributed by atoms with E-state index in [1.54, 1.807) is 7.11 Å². The molecule has 1 aromatic carbocycles. The average Bonchev–Trinajstić information content (AvgIpc) is 2.48. The first-order valence-electron chi connectivity index (χ1n) is 6.72. The van der Waals surface area contributed by atoms with E-state index in [-0.39, 0.29) is 0 Å². The minimum absolute atomic E-state index is 0.621. The summed E-state index contributed by atoms with van der Waals surface area (Å²) in [4.78, 5) is 8.98. The molecule has 5 nitrogen and oxygen atoms in total. The minimum Gasteiger partial charge on any atom is -0.496 e. The summed E-state index contributed by atoms with van der Waals surface area (Å²) in [5, 5.41) is 0. The lowest BCUT2D eigenvalue weighted by atomic mass is 10.1. The summed E-state index contributed by atoms with van der Waals surface area (Å²) >= 11 is 0. The van der Waals surface area contributed by atoms with Gasteiger partial charge in [0, 0.05) is 23.7 Å². The summed E-state index contributed by atoms with van der Waals surface area (Å²) < 4.78 is 5.36. The number of benzene rings is 1. The molecule has 0 aliphatic carbocycles. The van der Waals surface area contributed by atoms with Gasteiger partial charge < -0.3 is 10.2 Å². The van der Waals surface area contributed by atoms with Crippen LogP contribution < -0.4 is 16.0 Å². The molecular weight excluding hydrogens is 252 g/mol. The number of nitrogens with zero attached hydrogens (tertiary/aromatic N) is 2. The molecule has 0 fully saturated rings. The van der Waals surface area contributed by atoms with Gasteiger partial charge in [-0.25, -0.2) is 15.8 Å². The van der Waals surface area contributed by atoms with Crippen molar-refractivity contribution in [2.45, 2.75) is 26.2 Å². The van der Waals surface area contributed by atoms with E-state index < -0.39 is 0 Å². The van der Waals surface area contributed by atoms with Crippen LogP contribution in [-0.4, -0.2) is 17.1 Å². The van der Waals surface area contributed by atoms with Crippen molar-refractivity contribution < 1.29 is 4.74 Å². The Hall–Kier alpha value is -2.14. The smallest absolute Gasteiger partial charge is 0.143 e. The molecule has 20 heavy (non-hydrogen) atoms. The predicted octanol–water partition coefficient (Wildman–Crippen LogP) is 2.31. The molecule has 2 rings (SSSR count). The molecule has 0 aliphatic rings. The molecule has 0 atom stereocenters. The van der Waals surface area contributed by atoms with E-state index in [1.807, 2.05) is 30.3 Å². The van der Waals surface area contributed by atoms with E-state index in [0.29, 0.717) is 12.2 Å². The third-order valence-corrected chi connectivity index (χ3v) is 3.02. The highest BCUT2D eigenvalue weighted by Crippen LogP contribution is 2.20. The first-order chi connectivity index (χ1) is 9.76. The lowest BCUT2D eigenvalue weighted by Gasteiger charge is -2.10. The normalized spacial score (nSPS) is 10.3. The Morgan fingerprint density at radius 3 is 2.75 bits per heavy atom. The summed E-state index contributed by atoms with van der Waals surface area (Å²) in [6.45, 7) is 2.12. The van der Waals surface area contributed by atoms with Crippen LogP contribution in [0.4, 0.5) is 5.82 Å². The molecule has 0 saturated carbocycles. The number of anilines is 1. The molecule has 0 radical (unpaired) electrons. The number of methoxy groups -OCH3 is 1. The number of para-hydroxylation sites is 1. The van der Waals surface area contributed by atoms with Crippen LogP contribution in [0.2, 0.25) is 0 Å². The second kappa shape index (κ2) is 6.86. The third kappa shape index (κ3) is 3.45. The van der Waals surface area contributed by atoms with Crippen molar-refractivity contribution in [3.63, 3.8) is 0 Å². The first kappa shape index (κ1) is 14.3. The van der Waals surface area contributed by atoms with Crippen LogP contribution in [0.1, 0.15) is 30.4 Å². The summed E-state index contributed by atoms with van der Waals surface area (Å²) in [5.41, 5.74) is 4.66. The van der Waals surface area contributed by atoms with Crippen LogP contribution in [0, 0.1) is 0 Å². The molecule has 0 unspecified atom stereocenters. The van der Waals surface area contributed by atoms with Gasteiger partial charge in [0.1, 0.15) is 17.4 Å². The number of nitrogen functional groups attached to an aromatic ring is 1. The van der Waals surface area contributed by atoms with Crippen LogP contribution in [0.25, 0.3) is 0 Å². The number of rotatable bonds is 6. The highest BCUT2D eigenvalue weighted by molar-refractivity contribution is 5.38. The molecule has 0 spiro atoms. The number of hydrogen-bond donors (Lipinski definition) is 2. The molecule has 106 valence electrons. The van der Waals surface area contributed by atoms with Crippen molar-refractivity contribution in [2.75, 3.05) is 12.5 Å². The number of aryl methyl sites for hydroxylation is 1. The number of nitrogens with one attached hydrogen (secondary N) is 1. The van der Waals surface area contributed by atoms with Crippen LogP contribution in [0.3, 0.4) is 0 Å². The highest BCUT2D eigenvalue weighted by atomic mass is 16.5. The number of ether oxygens (including phenoxy) is 1. The van der Waals surface area contributed by atoms with Crippen LogP contribution in [-0.2, 0) is 12.8 Å². The Kier molecular flexibility index (Phi) is 4.90. The van der Waals surface area contributed by atoms with E-state index in [9.17, 15) is 0 Å². The van der Waals surface area contributed by atoms with Gasteiger partial charge in [0.2, 0.25) is 0 Å². The van der Waals surface area contributed by atoms with E-state index >= 15 is 0 Å². The van der Waals surface area contributed by atoms with Crippen molar-refractivity contribution in [1.82, 2.24) is 9.97 Å². The lowest BCUT2D eigenvalue weighted by Crippen LogP contribution is -2.12. The fraction of sp³-hybridized carbons (Fsp3) is 0.333. The lowest BCUT2D eigenvalue weighted by molar-refractivity contribution is 0.410. The molecule has 1 aromatic heterocycles. The molecule has 2 aromatic rings. The van der Waals surface area contributed by atoms with Crippen molar-refractivity contribution in [3.8, 4) is 5.75 Å². The third-order valence-electron chi connectivity index (χ3n) is 3.02. The Balaban J connectivity index is 2.30. The summed E-state index contributed by atoms with van der Waals surface area (Å²) in [7, 11) is 1.67. The topological polar surface area (TPSA) is 73.1 Å². The summed E-state index contributed by atoms with van der Waals surface area (Å²) in [6, 6.07) is 9.77. The maximum atomic E-state index is 5.47. The SMILES string of the molecule is CCCc1cc(NN)nc(Cc2ccccc2OC)n1. The second-order valence-corrected chi connectivity index (χ2v) is 4.54. The van der Waals surface area contributed by atoms with Gasteiger partial charge in [0.25, 0.3) is 0 Å². The van der Waals surface area contributed by atoms with Crippen molar-refractivity contribution in [1.29, 1.82) is 0 Å². The molecule has 0 saturated heterocycles. The van der Waals surface area contributed by atoms with Gasteiger partial charge in [-0.3, -0.25) is 0 Å². The quantitative estimate of drug-likeness (QED) is 0.623. The van der Waals surface area contributed by atoms with Crippen molar-refractivity contribution in [2.24, 2.45) is 5.84 Å². The number of hydrazine groups is 1. The maximum Gasteiger partial charge on any atom is 0.143 e.